The minimum absolute atomic E-state index is 0.0532. The zero-order valence-corrected chi connectivity index (χ0v) is 56.2. The second-order valence-electron chi connectivity index (χ2n) is 17.8. The van der Waals surface area contributed by atoms with Gasteiger partial charge in [0.25, 0.3) is 0 Å². The van der Waals surface area contributed by atoms with Crippen molar-refractivity contribution in [3.63, 3.8) is 0 Å². The van der Waals surface area contributed by atoms with E-state index in [4.69, 9.17) is 4.74 Å². The van der Waals surface area contributed by atoms with Crippen LogP contribution in [0.25, 0.3) is 0 Å². The number of benzene rings is 1. The van der Waals surface area contributed by atoms with Gasteiger partial charge >= 0.3 is 0 Å². The Kier molecular flexibility index (Phi) is 63.9. The van der Waals surface area contributed by atoms with Crippen molar-refractivity contribution in [3.05, 3.63) is 313 Å². The number of carbonyl (C=O) groups is 3. The van der Waals surface area contributed by atoms with Gasteiger partial charge in [-0.15, -0.1) is 11.3 Å². The number of thiophene rings is 1. The van der Waals surface area contributed by atoms with Gasteiger partial charge in [-0.2, -0.15) is 21.5 Å². The fraction of sp³-hybridized carbons (Fsp3) is 0.225. The van der Waals surface area contributed by atoms with Crippen LogP contribution in [0, 0.1) is 0 Å². The van der Waals surface area contributed by atoms with Gasteiger partial charge in [-0.25, -0.2) is 14.3 Å². The van der Waals surface area contributed by atoms with Crippen LogP contribution in [0.4, 0.5) is 0 Å². The van der Waals surface area contributed by atoms with Crippen molar-refractivity contribution in [1.29, 1.82) is 0 Å². The molecule has 14 heterocycles. The van der Waals surface area contributed by atoms with Gasteiger partial charge in [-0.1, -0.05) is 96.2 Å². The van der Waals surface area contributed by atoms with Crippen LogP contribution < -0.4 is 21.5 Å². The van der Waals surface area contributed by atoms with Crippen molar-refractivity contribution < 1.29 is 28.1 Å². The smallest absolute Gasteiger partial charge is 0.247 e. The van der Waals surface area contributed by atoms with Gasteiger partial charge < -0.3 is 34.6 Å². The largest absolute Gasteiger partial charge is 0.473 e. The molecule has 3 saturated heterocycles. The first-order valence-electron chi connectivity index (χ1n) is 30.4. The average Bonchev–Trinajstić information content (AvgIpc) is 4.60. The quantitative estimate of drug-likeness (QED) is 0.110. The molecule has 506 valence electrons. The number of hydrogen-bond donors (Lipinski definition) is 4. The molecule has 0 atom stereocenters. The molecule has 25 heteroatoms. The lowest BCUT2D eigenvalue weighted by Gasteiger charge is -2.10. The molecule has 0 bridgehead atoms. The molecule has 4 N–H and O–H groups in total. The molecule has 2 amide bonds. The van der Waals surface area contributed by atoms with Gasteiger partial charge in [-0.05, 0) is 121 Å². The summed E-state index contributed by atoms with van der Waals surface area (Å²) in [6, 6.07) is 39.4. The molecule has 0 radical (unpaired) electrons. The Balaban J connectivity index is 0.000000510. The summed E-state index contributed by atoms with van der Waals surface area (Å²) in [6.45, 7) is 6.50. The number of ketones is 1. The van der Waals surface area contributed by atoms with Crippen LogP contribution in [0.5, 0.6) is 0 Å². The van der Waals surface area contributed by atoms with Gasteiger partial charge in [0.1, 0.15) is 18.4 Å². The highest BCUT2D eigenvalue weighted by Gasteiger charge is 2.09. The van der Waals surface area contributed by atoms with Crippen molar-refractivity contribution in [2.45, 2.75) is 57.8 Å². The van der Waals surface area contributed by atoms with E-state index in [1.54, 1.807) is 158 Å². The van der Waals surface area contributed by atoms with Gasteiger partial charge in [0.2, 0.25) is 17.4 Å². The molecule has 96 heavy (non-hydrogen) atoms. The number of aromatic nitrogens is 11. The highest BCUT2D eigenvalue weighted by Crippen LogP contribution is 2.10. The summed E-state index contributed by atoms with van der Waals surface area (Å²) in [5.41, 5.74) is 1.74. The van der Waals surface area contributed by atoms with Crippen molar-refractivity contribution in [2.24, 2.45) is 4.99 Å². The van der Waals surface area contributed by atoms with Crippen molar-refractivity contribution in [3.8, 4) is 0 Å². The van der Waals surface area contributed by atoms with Crippen LogP contribution in [-0.4, -0.2) is 124 Å². The standard InChI is InChI=1S/C6H6.C5H9NO.C5H5NO.C5H5N.C5H6.3C4H4N2.C4H9NO.C4H7NO.C4H5N.C4H4O.C4H6O.C4H4S.C3H3NO.2C3H3NS/c1-2-4-6-5-3-1;2*7-5-3-1-2-4-6-5;1-2-4-6-5-3-1;1-2-4-5-3-1;1-2-6-4-3-5-1;1-2-5-4-6-3-1;1-2-4-6-5-3-1;1-3-6-4-2-5-1;6-4-2-1-3-5-4;2*1-2-4-5-3-1;5-4-2-1-3-4;2*1-2-4-5-3-1;1-2-5-3-4-1;1-2-4-5-3-1/h1-6H;1-4H2,(H,6,7);1-4H,(H,6,7);1-5H;1-4H,5H2;3*1-4H;5H,1-4H2;1-3H2,(H,5,6);1-3H,4H2;1-4H;1-3H2;1-4H;3*1-3H. The maximum Gasteiger partial charge on any atom is 0.247 e. The minimum Gasteiger partial charge on any atom is -0.473 e. The number of Topliss-reactive ketones (excluding diaryl/α,β-unsaturated/α-hetero) is 1. The van der Waals surface area contributed by atoms with Gasteiger partial charge in [0, 0.05) is 155 Å². The van der Waals surface area contributed by atoms with E-state index in [0.717, 1.165) is 104 Å². The number of nitrogens with zero attached hydrogens (tertiary/aromatic N) is 11. The van der Waals surface area contributed by atoms with E-state index in [0.29, 0.717) is 5.78 Å². The number of aromatic amines is 1. The second kappa shape index (κ2) is 73.5. The van der Waals surface area contributed by atoms with Gasteiger partial charge in [0.05, 0.1) is 44.0 Å². The van der Waals surface area contributed by atoms with E-state index in [1.165, 1.54) is 30.2 Å². The number of H-pyrrole nitrogens is 1. The molecule has 11 aromatic rings. The monoisotopic (exact) mass is 1360 g/mol. The number of allylic oxidation sites excluding steroid dienone is 5. The maximum absolute atomic E-state index is 10.4. The lowest BCUT2D eigenvalue weighted by Crippen LogP contribution is -2.30. The molecular formula is C71H87N15O7S3. The molecular weight excluding hydrogens is 1270 g/mol. The summed E-state index contributed by atoms with van der Waals surface area (Å²) in [7, 11) is 0. The number of morpholine rings is 1. The summed E-state index contributed by atoms with van der Waals surface area (Å²) in [5.74, 6) is 0.853. The Morgan fingerprint density at radius 3 is 1.23 bits per heavy atom. The molecule has 22 nitrogen and oxygen atoms in total. The van der Waals surface area contributed by atoms with Crippen LogP contribution in [-0.2, 0) is 19.1 Å². The average molecular weight is 1360 g/mol. The first kappa shape index (κ1) is 83.4. The van der Waals surface area contributed by atoms with Crippen LogP contribution in [0.15, 0.2) is 321 Å². The molecule has 4 fully saturated rings. The number of nitrogens with one attached hydrogen (secondary N) is 4. The Labute approximate surface area is 575 Å². The number of pyridine rings is 2. The maximum atomic E-state index is 10.4. The molecule has 4 aliphatic heterocycles. The summed E-state index contributed by atoms with van der Waals surface area (Å²) < 4.78 is 17.7. The highest BCUT2D eigenvalue weighted by molar-refractivity contribution is 7.07. The molecule has 0 unspecified atom stereocenters. The minimum atomic E-state index is -0.0532. The molecule has 1 aromatic carbocycles. The van der Waals surface area contributed by atoms with E-state index in [1.807, 2.05) is 131 Å². The third-order valence-electron chi connectivity index (χ3n) is 10.3. The third-order valence-corrected chi connectivity index (χ3v) is 11.9. The van der Waals surface area contributed by atoms with E-state index in [2.05, 4.69) is 109 Å². The van der Waals surface area contributed by atoms with Crippen molar-refractivity contribution in [1.82, 2.24) is 70.6 Å². The fourth-order valence-corrected chi connectivity index (χ4v) is 6.80. The summed E-state index contributed by atoms with van der Waals surface area (Å²) in [4.78, 5) is 69.2. The predicted octanol–water partition coefficient (Wildman–Crippen LogP) is 13.2. The van der Waals surface area contributed by atoms with E-state index in [9.17, 15) is 19.2 Å². The van der Waals surface area contributed by atoms with Gasteiger partial charge in [0.15, 0.2) is 0 Å². The topological polar surface area (TPSA) is 297 Å². The number of furan rings is 1. The second-order valence-corrected chi connectivity index (χ2v) is 20.1. The van der Waals surface area contributed by atoms with Crippen LogP contribution in [0.3, 0.4) is 0 Å². The lowest BCUT2D eigenvalue weighted by atomic mass is 9.99. The fourth-order valence-electron chi connectivity index (χ4n) is 5.64. The number of thiazole rings is 1. The third kappa shape index (κ3) is 70.9. The predicted molar refractivity (Wildman–Crippen MR) is 385 cm³/mol. The number of rotatable bonds is 0. The molecule has 2 aliphatic carbocycles. The highest BCUT2D eigenvalue weighted by atomic mass is 32.1. The normalized spacial score (nSPS) is 12.6. The number of hydrogen-bond acceptors (Lipinski definition) is 22. The summed E-state index contributed by atoms with van der Waals surface area (Å²) in [6.07, 6.45) is 52.5. The number of ether oxygens (including phenoxy) is 1. The molecule has 17 rings (SSSR count). The van der Waals surface area contributed by atoms with E-state index < -0.39 is 0 Å². The van der Waals surface area contributed by atoms with Gasteiger partial charge in [-0.3, -0.25) is 44.1 Å². The zero-order valence-electron chi connectivity index (χ0n) is 53.8. The van der Waals surface area contributed by atoms with Crippen LogP contribution in [0.1, 0.15) is 57.8 Å². The number of aliphatic imine (C=N–C) groups is 1. The number of carbonyl (C=O) groups excluding carboxylic acids is 3. The molecule has 1 saturated carbocycles. The number of piperidine rings is 1. The zero-order chi connectivity index (χ0) is 68.5. The van der Waals surface area contributed by atoms with E-state index >= 15 is 0 Å². The van der Waals surface area contributed by atoms with Crippen LogP contribution in [0.2, 0.25) is 0 Å². The first-order valence-corrected chi connectivity index (χ1v) is 33.2. The summed E-state index contributed by atoms with van der Waals surface area (Å²) >= 11 is 4.78. The number of amides is 2. The van der Waals surface area contributed by atoms with Crippen molar-refractivity contribution in [2.75, 3.05) is 45.9 Å². The Hall–Kier alpha value is -10.6. The molecule has 6 aliphatic rings. The van der Waals surface area contributed by atoms with E-state index in [-0.39, 0.29) is 17.4 Å². The van der Waals surface area contributed by atoms with Crippen molar-refractivity contribution >= 4 is 58.0 Å². The van der Waals surface area contributed by atoms with Crippen LogP contribution >= 0.6 is 34.2 Å². The first-order chi connectivity index (χ1) is 47.6. The summed E-state index contributed by atoms with van der Waals surface area (Å²) in [5, 5.41) is 26.9. The lowest BCUT2D eigenvalue weighted by molar-refractivity contribution is -0.123. The Morgan fingerprint density at radius 1 is 0.438 bits per heavy atom. The molecule has 0 spiro atoms. The SMILES string of the molecule is C1=CCC=C1.C1=CCN=C1.C1COCCN1.O=C1CCC1.O=C1CCCCN1.O=C1CCCN1.O=c1cccc[nH]1.c1ccccc1.c1ccncc1.c1ccnnc1.c1ccoc1.c1ccsc1.c1cnccn1.c1cncnc1.c1cnoc1.c1cnsc1.c1cscn1. The molecule has 10 aromatic heterocycles. The Bertz CT molecular complexity index is 2680. The Morgan fingerprint density at radius 2 is 1.04 bits per heavy atom.